The van der Waals surface area contributed by atoms with Crippen LogP contribution in [0.25, 0.3) is 0 Å². The van der Waals surface area contributed by atoms with Crippen molar-refractivity contribution in [3.63, 3.8) is 0 Å². The van der Waals surface area contributed by atoms with Crippen LogP contribution in [0.15, 0.2) is 89.7 Å². The molecule has 2 aromatic carbocycles. The maximum atomic E-state index is 12.2. The summed E-state index contributed by atoms with van der Waals surface area (Å²) in [6.45, 7) is 3.79. The second-order valence-electron chi connectivity index (χ2n) is 7.48. The van der Waals surface area contributed by atoms with Gasteiger partial charge in [-0.05, 0) is 37.1 Å². The minimum Gasteiger partial charge on any atom is -0.383 e. The average Bonchev–Trinajstić information content (AvgIpc) is 2.74. The first-order valence-electron chi connectivity index (χ1n) is 9.86. The molecule has 1 aliphatic rings. The molecule has 1 aliphatic heterocycles. The molecule has 1 unspecified atom stereocenters. The third-order valence-corrected chi connectivity index (χ3v) is 4.70. The lowest BCUT2D eigenvalue weighted by Gasteiger charge is -2.33. The molecule has 0 aromatic heterocycles. The highest BCUT2D eigenvalue weighted by molar-refractivity contribution is 5.97. The lowest BCUT2D eigenvalue weighted by atomic mass is 10.0. The van der Waals surface area contributed by atoms with Gasteiger partial charge >= 0.3 is 0 Å². The fourth-order valence-electron chi connectivity index (χ4n) is 3.04. The summed E-state index contributed by atoms with van der Waals surface area (Å²) in [5.41, 5.74) is 0.858. The lowest BCUT2D eigenvalue weighted by Crippen LogP contribution is -2.46. The van der Waals surface area contributed by atoms with Crippen LogP contribution in [0.4, 0.5) is 0 Å². The van der Waals surface area contributed by atoms with E-state index in [1.54, 1.807) is 19.3 Å². The normalized spacial score (nSPS) is 18.7. The van der Waals surface area contributed by atoms with Gasteiger partial charge in [0.05, 0.1) is 5.57 Å². The van der Waals surface area contributed by atoms with E-state index in [4.69, 9.17) is 4.84 Å². The molecule has 1 atom stereocenters. The first-order valence-corrected chi connectivity index (χ1v) is 9.86. The first-order chi connectivity index (χ1) is 14.4. The number of benzene rings is 2. The minimum absolute atomic E-state index is 0.0285. The Morgan fingerprint density at radius 1 is 1.10 bits per heavy atom. The summed E-state index contributed by atoms with van der Waals surface area (Å²) in [7, 11) is 1.67. The van der Waals surface area contributed by atoms with E-state index in [0.717, 1.165) is 11.1 Å². The van der Waals surface area contributed by atoms with Gasteiger partial charge in [0.2, 0.25) is 0 Å². The smallest absolute Gasteiger partial charge is 0.252 e. The first kappa shape index (κ1) is 21.3. The third kappa shape index (κ3) is 5.15. The molecule has 0 aliphatic carbocycles. The molecular formula is C24H27N3O3. The summed E-state index contributed by atoms with van der Waals surface area (Å²) in [5, 5.41) is 17.8. The Labute approximate surface area is 177 Å². The lowest BCUT2D eigenvalue weighted by molar-refractivity contribution is -0.117. The van der Waals surface area contributed by atoms with Crippen molar-refractivity contribution in [3.05, 3.63) is 95.7 Å². The van der Waals surface area contributed by atoms with E-state index in [1.807, 2.05) is 74.5 Å². The standard InChI is InChI=1S/C24H27N3O3/c1-18(2)26-23(28)21-14-15-24(29,27(3)16-21)17-25-30-22(19-10-6-4-7-11-19)20-12-8-5-9-13-20/h4-18,22,29H,1-3H3,(H,26,28). The van der Waals surface area contributed by atoms with Crippen molar-refractivity contribution in [2.45, 2.75) is 31.7 Å². The molecule has 2 N–H and O–H groups in total. The summed E-state index contributed by atoms with van der Waals surface area (Å²) < 4.78 is 0. The predicted molar refractivity (Wildman–Crippen MR) is 118 cm³/mol. The molecule has 2 aromatic rings. The number of carbonyl (C=O) groups is 1. The van der Waals surface area contributed by atoms with E-state index in [9.17, 15) is 9.90 Å². The highest BCUT2D eigenvalue weighted by atomic mass is 16.6. The van der Waals surface area contributed by atoms with Crippen LogP contribution in [-0.4, -0.2) is 40.9 Å². The Hall–Kier alpha value is -3.38. The zero-order valence-corrected chi connectivity index (χ0v) is 17.4. The highest BCUT2D eigenvalue weighted by Gasteiger charge is 2.30. The van der Waals surface area contributed by atoms with E-state index in [1.165, 1.54) is 17.2 Å². The molecule has 6 heteroatoms. The molecule has 0 saturated carbocycles. The van der Waals surface area contributed by atoms with E-state index < -0.39 is 11.8 Å². The van der Waals surface area contributed by atoms with Gasteiger partial charge in [-0.25, -0.2) is 0 Å². The number of rotatable bonds is 7. The van der Waals surface area contributed by atoms with E-state index in [2.05, 4.69) is 10.5 Å². The van der Waals surface area contributed by atoms with Crippen molar-refractivity contribution < 1.29 is 14.7 Å². The predicted octanol–water partition coefficient (Wildman–Crippen LogP) is 3.38. The van der Waals surface area contributed by atoms with Crippen molar-refractivity contribution in [3.8, 4) is 0 Å². The van der Waals surface area contributed by atoms with Crippen molar-refractivity contribution in [1.29, 1.82) is 0 Å². The molecule has 30 heavy (non-hydrogen) atoms. The van der Waals surface area contributed by atoms with Crippen LogP contribution in [0.5, 0.6) is 0 Å². The van der Waals surface area contributed by atoms with Gasteiger partial charge in [0.25, 0.3) is 5.91 Å². The topological polar surface area (TPSA) is 74.2 Å². The Morgan fingerprint density at radius 3 is 2.17 bits per heavy atom. The van der Waals surface area contributed by atoms with Crippen LogP contribution < -0.4 is 5.32 Å². The van der Waals surface area contributed by atoms with Gasteiger partial charge in [0, 0.05) is 19.3 Å². The number of likely N-dealkylation sites (N-methyl/N-ethyl adjacent to an activating group) is 1. The van der Waals surface area contributed by atoms with Gasteiger partial charge in [-0.2, -0.15) is 0 Å². The van der Waals surface area contributed by atoms with Crippen LogP contribution >= 0.6 is 0 Å². The van der Waals surface area contributed by atoms with Gasteiger partial charge in [-0.15, -0.1) is 0 Å². The van der Waals surface area contributed by atoms with Gasteiger partial charge in [-0.3, -0.25) is 4.79 Å². The van der Waals surface area contributed by atoms with Crippen molar-refractivity contribution in [2.24, 2.45) is 5.16 Å². The van der Waals surface area contributed by atoms with Crippen molar-refractivity contribution >= 4 is 12.1 Å². The molecule has 0 bridgehead atoms. The largest absolute Gasteiger partial charge is 0.383 e. The molecule has 0 radical (unpaired) electrons. The Balaban J connectivity index is 1.75. The van der Waals surface area contributed by atoms with E-state index >= 15 is 0 Å². The van der Waals surface area contributed by atoms with Gasteiger partial charge in [0.15, 0.2) is 11.8 Å². The van der Waals surface area contributed by atoms with Crippen LogP contribution in [0.2, 0.25) is 0 Å². The number of amides is 1. The number of nitrogens with zero attached hydrogens (tertiary/aromatic N) is 2. The van der Waals surface area contributed by atoms with Crippen molar-refractivity contribution in [2.75, 3.05) is 7.05 Å². The maximum Gasteiger partial charge on any atom is 0.252 e. The molecule has 0 fully saturated rings. The fraction of sp³-hybridized carbons (Fsp3) is 0.250. The number of nitrogens with one attached hydrogen (secondary N) is 1. The Kier molecular flexibility index (Phi) is 6.69. The molecule has 3 rings (SSSR count). The maximum absolute atomic E-state index is 12.2. The Morgan fingerprint density at radius 2 is 1.67 bits per heavy atom. The summed E-state index contributed by atoms with van der Waals surface area (Å²) in [6.07, 6.45) is 5.57. The molecule has 6 nitrogen and oxygen atoms in total. The number of oxime groups is 1. The van der Waals surface area contributed by atoms with Gasteiger partial charge in [0.1, 0.15) is 6.21 Å². The number of aliphatic hydroxyl groups is 1. The molecule has 1 heterocycles. The second kappa shape index (κ2) is 9.41. The third-order valence-electron chi connectivity index (χ3n) is 4.70. The average molecular weight is 405 g/mol. The molecule has 1 amide bonds. The number of carbonyl (C=O) groups excluding carboxylic acids is 1. The molecule has 0 spiro atoms. The summed E-state index contributed by atoms with van der Waals surface area (Å²) in [6, 6.07) is 19.6. The number of hydrogen-bond acceptors (Lipinski definition) is 5. The Bertz CT molecular complexity index is 899. The zero-order valence-electron chi connectivity index (χ0n) is 17.4. The van der Waals surface area contributed by atoms with E-state index in [-0.39, 0.29) is 11.9 Å². The second-order valence-corrected chi connectivity index (χ2v) is 7.48. The molecular weight excluding hydrogens is 378 g/mol. The zero-order chi connectivity index (χ0) is 21.6. The fourth-order valence-corrected chi connectivity index (χ4v) is 3.04. The minimum atomic E-state index is -1.50. The molecule has 0 saturated heterocycles. The summed E-state index contributed by atoms with van der Waals surface area (Å²) >= 11 is 0. The van der Waals surface area contributed by atoms with Crippen LogP contribution in [-0.2, 0) is 9.63 Å². The molecule has 156 valence electrons. The van der Waals surface area contributed by atoms with E-state index in [0.29, 0.717) is 5.57 Å². The van der Waals surface area contributed by atoms with Gasteiger partial charge < -0.3 is 20.2 Å². The monoisotopic (exact) mass is 405 g/mol. The quantitative estimate of drug-likeness (QED) is 0.547. The number of hydrogen-bond donors (Lipinski definition) is 2. The SMILES string of the molecule is CC(C)NC(=O)C1=CN(C)C(O)(C=NOC(c2ccccc2)c2ccccc2)C=C1. The summed E-state index contributed by atoms with van der Waals surface area (Å²) in [5.74, 6) is -0.198. The van der Waals surface area contributed by atoms with Gasteiger partial charge in [-0.1, -0.05) is 65.8 Å². The van der Waals surface area contributed by atoms with Crippen molar-refractivity contribution in [1.82, 2.24) is 10.2 Å². The van der Waals surface area contributed by atoms with Crippen LogP contribution in [0, 0.1) is 0 Å². The highest BCUT2D eigenvalue weighted by Crippen LogP contribution is 2.26. The summed E-state index contributed by atoms with van der Waals surface area (Å²) in [4.78, 5) is 19.5. The van der Waals surface area contributed by atoms with Crippen LogP contribution in [0.1, 0.15) is 31.1 Å². The van der Waals surface area contributed by atoms with Crippen LogP contribution in [0.3, 0.4) is 0 Å².